The zero-order valence-corrected chi connectivity index (χ0v) is 15.2. The van der Waals surface area contributed by atoms with E-state index in [2.05, 4.69) is 20.9 Å². The highest BCUT2D eigenvalue weighted by atomic mass is 35.5. The van der Waals surface area contributed by atoms with Crippen LogP contribution in [0.1, 0.15) is 44.6 Å². The minimum absolute atomic E-state index is 0.0822. The first kappa shape index (κ1) is 18.6. The molecule has 2 rings (SSSR count). The molecule has 0 radical (unpaired) electrons. The van der Waals surface area contributed by atoms with E-state index >= 15 is 0 Å². The summed E-state index contributed by atoms with van der Waals surface area (Å²) in [5.74, 6) is 0.715. The van der Waals surface area contributed by atoms with Crippen molar-refractivity contribution in [1.29, 1.82) is 0 Å². The summed E-state index contributed by atoms with van der Waals surface area (Å²) in [4.78, 5) is 16.5. The Morgan fingerprint density at radius 1 is 1.33 bits per heavy atom. The number of anilines is 1. The van der Waals surface area contributed by atoms with Gasteiger partial charge in [-0.2, -0.15) is 0 Å². The van der Waals surface area contributed by atoms with Crippen molar-refractivity contribution in [3.05, 3.63) is 28.8 Å². The van der Waals surface area contributed by atoms with Crippen LogP contribution >= 0.6 is 11.6 Å². The fourth-order valence-corrected chi connectivity index (χ4v) is 3.07. The van der Waals surface area contributed by atoms with Crippen LogP contribution in [0.3, 0.4) is 0 Å². The van der Waals surface area contributed by atoms with E-state index in [9.17, 15) is 4.79 Å². The summed E-state index contributed by atoms with van der Waals surface area (Å²) < 4.78 is 0. The Morgan fingerprint density at radius 2 is 2.08 bits per heavy atom. The Morgan fingerprint density at radius 3 is 2.75 bits per heavy atom. The van der Waals surface area contributed by atoms with Crippen LogP contribution in [0.25, 0.3) is 0 Å². The van der Waals surface area contributed by atoms with Gasteiger partial charge in [0.15, 0.2) is 5.96 Å². The third-order valence-corrected chi connectivity index (χ3v) is 4.36. The first-order valence-electron chi connectivity index (χ1n) is 8.69. The average Bonchev–Trinajstić information content (AvgIpc) is 3.03. The topological polar surface area (TPSA) is 65.5 Å². The van der Waals surface area contributed by atoms with Crippen LogP contribution in [0.4, 0.5) is 5.69 Å². The molecule has 1 amide bonds. The number of halogens is 1. The van der Waals surface area contributed by atoms with Gasteiger partial charge in [-0.05, 0) is 44.4 Å². The molecule has 5 nitrogen and oxygen atoms in total. The van der Waals surface area contributed by atoms with Crippen molar-refractivity contribution < 1.29 is 4.79 Å². The number of amides is 1. The maximum absolute atomic E-state index is 12.1. The lowest BCUT2D eigenvalue weighted by Gasteiger charge is -2.16. The Kier molecular flexibility index (Phi) is 7.37. The van der Waals surface area contributed by atoms with E-state index in [0.717, 1.165) is 18.1 Å². The van der Waals surface area contributed by atoms with Crippen molar-refractivity contribution in [2.24, 2.45) is 4.99 Å². The minimum atomic E-state index is -0.0822. The largest absolute Gasteiger partial charge is 0.357 e. The summed E-state index contributed by atoms with van der Waals surface area (Å²) in [7, 11) is 0. The summed E-state index contributed by atoms with van der Waals surface area (Å²) in [6, 6.07) is 6.09. The van der Waals surface area contributed by atoms with Gasteiger partial charge in [-0.15, -0.1) is 0 Å². The summed E-state index contributed by atoms with van der Waals surface area (Å²) in [5, 5.41) is 10.1. The predicted molar refractivity (Wildman–Crippen MR) is 101 cm³/mol. The van der Waals surface area contributed by atoms with Crippen molar-refractivity contribution in [3.63, 3.8) is 0 Å². The van der Waals surface area contributed by atoms with Crippen molar-refractivity contribution in [3.8, 4) is 0 Å². The minimum Gasteiger partial charge on any atom is -0.357 e. The normalized spacial score (nSPS) is 15.4. The van der Waals surface area contributed by atoms with E-state index in [-0.39, 0.29) is 5.91 Å². The van der Waals surface area contributed by atoms with E-state index in [4.69, 9.17) is 11.6 Å². The summed E-state index contributed by atoms with van der Waals surface area (Å²) in [6.45, 7) is 5.25. The molecule has 0 atom stereocenters. The number of rotatable bonds is 6. The fourth-order valence-electron chi connectivity index (χ4n) is 2.79. The van der Waals surface area contributed by atoms with Crippen molar-refractivity contribution in [1.82, 2.24) is 10.6 Å². The molecule has 0 unspecified atom stereocenters. The molecule has 1 fully saturated rings. The summed E-state index contributed by atoms with van der Waals surface area (Å²) in [6.07, 6.45) is 5.26. The van der Waals surface area contributed by atoms with E-state index in [1.54, 1.807) is 0 Å². The lowest BCUT2D eigenvalue weighted by atomic mass is 10.2. The van der Waals surface area contributed by atoms with E-state index in [0.29, 0.717) is 29.7 Å². The number of nitrogens with one attached hydrogen (secondary N) is 3. The second-order valence-electron chi connectivity index (χ2n) is 6.17. The van der Waals surface area contributed by atoms with Gasteiger partial charge in [-0.3, -0.25) is 9.79 Å². The highest BCUT2D eigenvalue weighted by Gasteiger charge is 2.15. The van der Waals surface area contributed by atoms with Gasteiger partial charge in [0.2, 0.25) is 5.91 Å². The van der Waals surface area contributed by atoms with Crippen LogP contribution in [-0.4, -0.2) is 31.0 Å². The summed E-state index contributed by atoms with van der Waals surface area (Å²) >= 11 is 6.13. The van der Waals surface area contributed by atoms with E-state index < -0.39 is 0 Å². The number of benzene rings is 1. The fraction of sp³-hybridized carbons (Fsp3) is 0.556. The molecule has 0 aliphatic heterocycles. The lowest BCUT2D eigenvalue weighted by molar-refractivity contribution is -0.116. The number of hydrogen-bond donors (Lipinski definition) is 3. The van der Waals surface area contributed by atoms with Gasteiger partial charge in [0.25, 0.3) is 0 Å². The van der Waals surface area contributed by atoms with Crippen molar-refractivity contribution in [2.75, 3.05) is 18.4 Å². The number of carbonyl (C=O) groups is 1. The second kappa shape index (κ2) is 9.52. The van der Waals surface area contributed by atoms with E-state index in [1.165, 1.54) is 25.7 Å². The molecule has 1 aliphatic rings. The molecule has 3 N–H and O–H groups in total. The lowest BCUT2D eigenvalue weighted by Crippen LogP contribution is -2.42. The number of hydrogen-bond acceptors (Lipinski definition) is 2. The third-order valence-electron chi connectivity index (χ3n) is 4.05. The van der Waals surface area contributed by atoms with Crippen LogP contribution in [-0.2, 0) is 4.79 Å². The monoisotopic (exact) mass is 350 g/mol. The molecule has 0 bridgehead atoms. The molecule has 1 aliphatic carbocycles. The molecule has 24 heavy (non-hydrogen) atoms. The number of aryl methyl sites for hydroxylation is 1. The molecular weight excluding hydrogens is 324 g/mol. The first-order valence-corrected chi connectivity index (χ1v) is 9.07. The standard InChI is InChI=1S/C18H27ClN4O/c1-3-20-18(22-14-6-4-5-7-14)21-11-10-17(24)23-16-9-8-13(2)12-15(16)19/h8-9,12,14H,3-7,10-11H2,1-2H3,(H,23,24)(H2,20,21,22). The molecule has 0 heterocycles. The zero-order valence-electron chi connectivity index (χ0n) is 14.5. The van der Waals surface area contributed by atoms with Crippen LogP contribution in [0, 0.1) is 6.92 Å². The number of carbonyl (C=O) groups excluding carboxylic acids is 1. The third kappa shape index (κ3) is 6.04. The molecular formula is C18H27ClN4O. The Hall–Kier alpha value is -1.75. The van der Waals surface area contributed by atoms with Gasteiger partial charge >= 0.3 is 0 Å². The van der Waals surface area contributed by atoms with Crippen LogP contribution < -0.4 is 16.0 Å². The quantitative estimate of drug-likeness (QED) is 0.543. The number of guanidine groups is 1. The van der Waals surface area contributed by atoms with Gasteiger partial charge in [-0.25, -0.2) is 0 Å². The van der Waals surface area contributed by atoms with Gasteiger partial charge in [-0.1, -0.05) is 30.5 Å². The Bertz CT molecular complexity index is 582. The molecule has 1 saturated carbocycles. The van der Waals surface area contributed by atoms with Crippen LogP contribution in [0.15, 0.2) is 23.2 Å². The maximum atomic E-state index is 12.1. The van der Waals surface area contributed by atoms with Crippen molar-refractivity contribution in [2.45, 2.75) is 52.0 Å². The highest BCUT2D eigenvalue weighted by molar-refractivity contribution is 6.33. The molecule has 0 saturated heterocycles. The molecule has 0 spiro atoms. The second-order valence-corrected chi connectivity index (χ2v) is 6.58. The van der Waals surface area contributed by atoms with Gasteiger partial charge in [0.05, 0.1) is 17.3 Å². The maximum Gasteiger partial charge on any atom is 0.226 e. The van der Waals surface area contributed by atoms with Gasteiger partial charge in [0, 0.05) is 19.0 Å². The molecule has 132 valence electrons. The SMILES string of the molecule is CCNC(=NCCC(=O)Nc1ccc(C)cc1Cl)NC1CCCC1. The van der Waals surface area contributed by atoms with Gasteiger partial charge < -0.3 is 16.0 Å². The Labute approximate surface area is 149 Å². The summed E-state index contributed by atoms with van der Waals surface area (Å²) in [5.41, 5.74) is 1.71. The molecule has 1 aromatic carbocycles. The molecule has 6 heteroatoms. The van der Waals surface area contributed by atoms with E-state index in [1.807, 2.05) is 32.0 Å². The van der Waals surface area contributed by atoms with Gasteiger partial charge in [0.1, 0.15) is 0 Å². The smallest absolute Gasteiger partial charge is 0.226 e. The Balaban J connectivity index is 1.81. The number of aliphatic imine (C=N–C) groups is 1. The number of nitrogens with zero attached hydrogens (tertiary/aromatic N) is 1. The van der Waals surface area contributed by atoms with Crippen LogP contribution in [0.5, 0.6) is 0 Å². The zero-order chi connectivity index (χ0) is 17.4. The highest BCUT2D eigenvalue weighted by Crippen LogP contribution is 2.22. The molecule has 0 aromatic heterocycles. The van der Waals surface area contributed by atoms with Crippen LogP contribution in [0.2, 0.25) is 5.02 Å². The molecule has 1 aromatic rings. The van der Waals surface area contributed by atoms with Crippen molar-refractivity contribution >= 4 is 29.2 Å². The average molecular weight is 351 g/mol. The first-order chi connectivity index (χ1) is 11.6. The predicted octanol–water partition coefficient (Wildman–Crippen LogP) is 3.47.